The first-order valence-electron chi connectivity index (χ1n) is 7.28. The number of dihydropyridines is 1. The van der Waals surface area contributed by atoms with Gasteiger partial charge in [-0.05, 0) is 6.07 Å². The lowest BCUT2D eigenvalue weighted by atomic mass is 10.1. The molecule has 0 aliphatic carbocycles. The van der Waals surface area contributed by atoms with E-state index in [4.69, 9.17) is 14.2 Å². The maximum absolute atomic E-state index is 12.2. The number of nitro benzene ring substituents is 1. The topological polar surface area (TPSA) is 117 Å². The second-order valence-corrected chi connectivity index (χ2v) is 4.96. The van der Waals surface area contributed by atoms with Crippen LogP contribution in [0.2, 0.25) is 0 Å². The van der Waals surface area contributed by atoms with Crippen molar-refractivity contribution in [2.45, 2.75) is 6.42 Å². The molecule has 1 aliphatic rings. The molecular formula is C16H16N2O7. The Morgan fingerprint density at radius 3 is 2.60 bits per heavy atom. The molecule has 1 aromatic carbocycles. The second-order valence-electron chi connectivity index (χ2n) is 4.96. The molecule has 9 nitrogen and oxygen atoms in total. The molecule has 0 aromatic heterocycles. The molecule has 0 amide bonds. The number of esters is 2. The third-order valence-corrected chi connectivity index (χ3v) is 3.18. The van der Waals surface area contributed by atoms with Gasteiger partial charge in [0.05, 0.1) is 28.7 Å². The van der Waals surface area contributed by atoms with E-state index in [9.17, 15) is 19.7 Å². The van der Waals surface area contributed by atoms with Crippen LogP contribution in [0.3, 0.4) is 0 Å². The highest BCUT2D eigenvalue weighted by molar-refractivity contribution is 5.96. The van der Waals surface area contributed by atoms with Gasteiger partial charge < -0.3 is 19.5 Å². The van der Waals surface area contributed by atoms with Gasteiger partial charge in [0, 0.05) is 32.0 Å². The van der Waals surface area contributed by atoms with Crippen molar-refractivity contribution in [2.24, 2.45) is 0 Å². The molecule has 0 saturated carbocycles. The van der Waals surface area contributed by atoms with Gasteiger partial charge in [-0.2, -0.15) is 0 Å². The highest BCUT2D eigenvalue weighted by Gasteiger charge is 2.22. The molecule has 1 aromatic rings. The normalized spacial score (nSPS) is 13.2. The Kier molecular flexibility index (Phi) is 6.24. The predicted molar refractivity (Wildman–Crippen MR) is 85.5 cm³/mol. The fraction of sp³-hybridized carbons (Fsp3) is 0.250. The number of non-ortho nitro benzene ring substituents is 1. The van der Waals surface area contributed by atoms with Crippen LogP contribution in [0.25, 0.3) is 0 Å². The van der Waals surface area contributed by atoms with Crippen LogP contribution in [0.4, 0.5) is 5.69 Å². The molecule has 0 saturated heterocycles. The van der Waals surface area contributed by atoms with E-state index in [1.165, 1.54) is 37.7 Å². The number of carbonyl (C=O) groups is 2. The summed E-state index contributed by atoms with van der Waals surface area (Å²) in [5.74, 6) is -1.25. The molecule has 0 bridgehead atoms. The van der Waals surface area contributed by atoms with Gasteiger partial charge in [-0.15, -0.1) is 0 Å². The van der Waals surface area contributed by atoms with Crippen LogP contribution in [0, 0.1) is 10.1 Å². The van der Waals surface area contributed by atoms with Crippen LogP contribution >= 0.6 is 0 Å². The van der Waals surface area contributed by atoms with Crippen LogP contribution < -0.4 is 10.1 Å². The summed E-state index contributed by atoms with van der Waals surface area (Å²) in [5.41, 5.74) is 0.251. The standard InChI is InChI=1S/C16H16N2O7/c1-23-5-6-24-15(19)11-7-12(10-17-9-11)16(20)25-14-4-2-3-13(8-14)18(21)22/h2-4,8-10,17H,5-7H2,1H3. The maximum Gasteiger partial charge on any atom is 0.341 e. The summed E-state index contributed by atoms with van der Waals surface area (Å²) >= 11 is 0. The van der Waals surface area contributed by atoms with Gasteiger partial charge in [-0.3, -0.25) is 10.1 Å². The molecular weight excluding hydrogens is 332 g/mol. The molecule has 0 fully saturated rings. The number of nitro groups is 1. The quantitative estimate of drug-likeness (QED) is 0.259. The molecule has 25 heavy (non-hydrogen) atoms. The third kappa shape index (κ3) is 5.15. The van der Waals surface area contributed by atoms with E-state index < -0.39 is 16.9 Å². The third-order valence-electron chi connectivity index (χ3n) is 3.18. The van der Waals surface area contributed by atoms with E-state index in [1.807, 2.05) is 0 Å². The Morgan fingerprint density at radius 2 is 1.92 bits per heavy atom. The van der Waals surface area contributed by atoms with E-state index in [-0.39, 0.29) is 42.2 Å². The van der Waals surface area contributed by atoms with E-state index in [0.29, 0.717) is 0 Å². The molecule has 1 N–H and O–H groups in total. The van der Waals surface area contributed by atoms with Crippen molar-refractivity contribution in [1.82, 2.24) is 5.32 Å². The Bertz CT molecular complexity index is 740. The summed E-state index contributed by atoms with van der Waals surface area (Å²) in [6.07, 6.45) is 2.84. The van der Waals surface area contributed by atoms with Crippen LogP contribution in [-0.2, 0) is 19.1 Å². The van der Waals surface area contributed by atoms with Crippen molar-refractivity contribution in [2.75, 3.05) is 20.3 Å². The second kappa shape index (κ2) is 8.60. The first kappa shape index (κ1) is 18.1. The van der Waals surface area contributed by atoms with Gasteiger partial charge in [0.2, 0.25) is 0 Å². The van der Waals surface area contributed by atoms with E-state index in [0.717, 1.165) is 6.07 Å². The summed E-state index contributed by atoms with van der Waals surface area (Å²) in [4.78, 5) is 34.2. The molecule has 9 heteroatoms. The number of nitrogens with zero attached hydrogens (tertiary/aromatic N) is 1. The lowest BCUT2D eigenvalue weighted by molar-refractivity contribution is -0.384. The summed E-state index contributed by atoms with van der Waals surface area (Å²) in [6, 6.07) is 5.27. The van der Waals surface area contributed by atoms with Gasteiger partial charge in [0.15, 0.2) is 0 Å². The highest BCUT2D eigenvalue weighted by atomic mass is 16.6. The van der Waals surface area contributed by atoms with E-state index in [1.54, 1.807) is 0 Å². The number of rotatable bonds is 7. The highest BCUT2D eigenvalue weighted by Crippen LogP contribution is 2.22. The van der Waals surface area contributed by atoms with Crippen molar-refractivity contribution in [3.8, 4) is 5.75 Å². The van der Waals surface area contributed by atoms with Gasteiger partial charge in [-0.1, -0.05) is 6.07 Å². The lowest BCUT2D eigenvalue weighted by Gasteiger charge is -2.14. The van der Waals surface area contributed by atoms with Crippen molar-refractivity contribution in [3.05, 3.63) is 57.9 Å². The first-order valence-corrected chi connectivity index (χ1v) is 7.28. The molecule has 0 unspecified atom stereocenters. The van der Waals surface area contributed by atoms with Crippen molar-refractivity contribution in [3.63, 3.8) is 0 Å². The zero-order valence-corrected chi connectivity index (χ0v) is 13.4. The number of nitrogens with one attached hydrogen (secondary N) is 1. The minimum absolute atomic E-state index is 0.0204. The van der Waals surface area contributed by atoms with Gasteiger partial charge in [0.1, 0.15) is 12.4 Å². The number of ether oxygens (including phenoxy) is 3. The summed E-state index contributed by atoms with van der Waals surface area (Å²) in [6.45, 7) is 0.369. The fourth-order valence-corrected chi connectivity index (χ4v) is 1.96. The smallest absolute Gasteiger partial charge is 0.341 e. The van der Waals surface area contributed by atoms with E-state index in [2.05, 4.69) is 5.32 Å². The largest absolute Gasteiger partial charge is 0.460 e. The van der Waals surface area contributed by atoms with Crippen molar-refractivity contribution < 1.29 is 28.7 Å². The molecule has 1 aliphatic heterocycles. The zero-order chi connectivity index (χ0) is 18.2. The monoisotopic (exact) mass is 348 g/mol. The molecule has 0 atom stereocenters. The molecule has 0 spiro atoms. The van der Waals surface area contributed by atoms with Gasteiger partial charge >= 0.3 is 11.9 Å². The Hall–Kier alpha value is -3.20. The van der Waals surface area contributed by atoms with Crippen LogP contribution in [0.5, 0.6) is 5.75 Å². The van der Waals surface area contributed by atoms with Gasteiger partial charge in [-0.25, -0.2) is 9.59 Å². The van der Waals surface area contributed by atoms with Crippen LogP contribution in [0.15, 0.2) is 47.8 Å². The number of hydrogen-bond acceptors (Lipinski definition) is 8. The summed E-state index contributed by atoms with van der Waals surface area (Å²) in [5, 5.41) is 13.4. The summed E-state index contributed by atoms with van der Waals surface area (Å²) in [7, 11) is 1.49. The SMILES string of the molecule is COCCOC(=O)C1=CNC=C(C(=O)Oc2cccc([N+](=O)[O-])c2)C1. The van der Waals surface area contributed by atoms with Crippen LogP contribution in [0.1, 0.15) is 6.42 Å². The number of carbonyl (C=O) groups excluding carboxylic acids is 2. The Balaban J connectivity index is 1.96. The maximum atomic E-state index is 12.2. The molecule has 1 heterocycles. The molecule has 2 rings (SSSR count). The number of hydrogen-bond donors (Lipinski definition) is 1. The Labute approximate surface area is 143 Å². The molecule has 132 valence electrons. The fourth-order valence-electron chi connectivity index (χ4n) is 1.96. The molecule has 0 radical (unpaired) electrons. The average Bonchev–Trinajstić information content (AvgIpc) is 2.62. The summed E-state index contributed by atoms with van der Waals surface area (Å²) < 4.78 is 14.9. The van der Waals surface area contributed by atoms with E-state index >= 15 is 0 Å². The van der Waals surface area contributed by atoms with Crippen molar-refractivity contribution in [1.29, 1.82) is 0 Å². The minimum Gasteiger partial charge on any atom is -0.460 e. The zero-order valence-electron chi connectivity index (χ0n) is 13.4. The first-order chi connectivity index (χ1) is 12.0. The number of methoxy groups -OCH3 is 1. The van der Waals surface area contributed by atoms with Crippen LogP contribution in [-0.4, -0.2) is 37.2 Å². The average molecular weight is 348 g/mol. The number of benzene rings is 1. The predicted octanol–water partition coefficient (Wildman–Crippen LogP) is 1.45. The Morgan fingerprint density at radius 1 is 1.20 bits per heavy atom. The van der Waals surface area contributed by atoms with Crippen molar-refractivity contribution >= 4 is 17.6 Å². The lowest BCUT2D eigenvalue weighted by Crippen LogP contribution is -2.22. The minimum atomic E-state index is -0.719. The van der Waals surface area contributed by atoms with Gasteiger partial charge in [0.25, 0.3) is 5.69 Å².